The molecule has 4 N–H and O–H groups in total. The van der Waals surface area contributed by atoms with Crippen molar-refractivity contribution in [2.24, 2.45) is 11.8 Å². The van der Waals surface area contributed by atoms with E-state index in [9.17, 15) is 20.1 Å². The number of halogens is 4. The average molecular weight is 913 g/mol. The van der Waals surface area contributed by atoms with Gasteiger partial charge in [0.05, 0.1) is 48.7 Å². The van der Waals surface area contributed by atoms with E-state index in [0.717, 1.165) is 61.9 Å². The lowest BCUT2D eigenvalue weighted by atomic mass is 10.1. The summed E-state index contributed by atoms with van der Waals surface area (Å²) in [7, 11) is 0. The van der Waals surface area contributed by atoms with Crippen LogP contribution >= 0.6 is 55.1 Å². The van der Waals surface area contributed by atoms with Crippen molar-refractivity contribution in [3.05, 3.63) is 113 Å². The quantitative estimate of drug-likeness (QED) is 0.0801. The van der Waals surface area contributed by atoms with Crippen LogP contribution in [0.25, 0.3) is 0 Å². The van der Waals surface area contributed by atoms with Gasteiger partial charge in [0.1, 0.15) is 19.0 Å². The number of nitrogens with zero attached hydrogens (tertiary/aromatic N) is 2. The second-order valence-corrected chi connectivity index (χ2v) is 16.1. The molecule has 2 aliphatic rings. The molecule has 0 bridgehead atoms. The third-order valence-corrected chi connectivity index (χ3v) is 10.4. The van der Waals surface area contributed by atoms with Gasteiger partial charge in [-0.05, 0) is 159 Å². The number of rotatable bonds is 17. The van der Waals surface area contributed by atoms with E-state index in [4.69, 9.17) is 42.9 Å². The molecule has 0 atom stereocenters. The Morgan fingerprint density at radius 1 is 0.673 bits per heavy atom. The first kappa shape index (κ1) is 41.7. The van der Waals surface area contributed by atoms with Crippen LogP contribution < -0.4 is 20.1 Å². The fraction of sp³-hybridized carbons (Fsp3) is 0.317. The molecule has 4 aromatic carbocycles. The first-order valence-corrected chi connectivity index (χ1v) is 19.9. The summed E-state index contributed by atoms with van der Waals surface area (Å²) in [4.78, 5) is 21.6. The van der Waals surface area contributed by atoms with E-state index in [1.54, 1.807) is 6.07 Å². The molecule has 0 saturated heterocycles. The number of hydrogen-bond acceptors (Lipinski definition) is 8. The molecule has 0 amide bonds. The highest BCUT2D eigenvalue weighted by atomic mass is 79.9. The summed E-state index contributed by atoms with van der Waals surface area (Å²) in [5.74, 6) is 0.622. The minimum absolute atomic E-state index is 0.0800. The fourth-order valence-electron chi connectivity index (χ4n) is 5.54. The molecule has 4 aromatic rings. The Hall–Kier alpha value is -4.46. The number of nitrogens with one attached hydrogen (secondary N) is 2. The molecule has 0 spiro atoms. The zero-order valence-electron chi connectivity index (χ0n) is 29.6. The third kappa shape index (κ3) is 13.7. The second-order valence-electron chi connectivity index (χ2n) is 13.5. The number of carboxylic acid groups (broad SMARTS) is 2. The van der Waals surface area contributed by atoms with Gasteiger partial charge in [-0.3, -0.25) is 9.59 Å². The van der Waals surface area contributed by atoms with Crippen LogP contribution in [-0.2, 0) is 35.6 Å². The maximum Gasteiger partial charge on any atom is 0.307 e. The van der Waals surface area contributed by atoms with Crippen molar-refractivity contribution in [1.29, 1.82) is 10.5 Å². The van der Waals surface area contributed by atoms with Crippen molar-refractivity contribution in [2.45, 2.75) is 58.2 Å². The van der Waals surface area contributed by atoms with Crippen molar-refractivity contribution < 1.29 is 29.3 Å². The van der Waals surface area contributed by atoms with Gasteiger partial charge in [0.25, 0.3) is 0 Å². The maximum absolute atomic E-state index is 10.8. The average Bonchev–Trinajstić information content (AvgIpc) is 4.08. The lowest BCUT2D eigenvalue weighted by Gasteiger charge is -2.14. The van der Waals surface area contributed by atoms with Crippen molar-refractivity contribution >= 4 is 78.4 Å². The number of benzene rings is 4. The van der Waals surface area contributed by atoms with Crippen LogP contribution in [0.3, 0.4) is 0 Å². The summed E-state index contributed by atoms with van der Waals surface area (Å²) in [6.07, 6.45) is 5.39. The lowest BCUT2D eigenvalue weighted by molar-refractivity contribution is -0.137. The number of carboxylic acids is 2. The topological polar surface area (TPSA) is 165 Å². The number of hydrogen-bond donors (Lipinski definition) is 4. The Morgan fingerprint density at radius 2 is 1.15 bits per heavy atom. The number of ether oxygens (including phenoxy) is 2. The highest BCUT2D eigenvalue weighted by Crippen LogP contribution is 2.37. The number of aryl methyl sites for hydroxylation is 1. The molecule has 0 unspecified atom stereocenters. The predicted octanol–water partition coefficient (Wildman–Crippen LogP) is 10.4. The van der Waals surface area contributed by atoms with Gasteiger partial charge in [-0.25, -0.2) is 0 Å². The monoisotopic (exact) mass is 910 g/mol. The summed E-state index contributed by atoms with van der Waals surface area (Å²) >= 11 is 19.4. The van der Waals surface area contributed by atoms with E-state index in [2.05, 4.69) is 54.6 Å². The van der Waals surface area contributed by atoms with E-state index in [1.165, 1.54) is 37.8 Å². The molecule has 55 heavy (non-hydrogen) atoms. The van der Waals surface area contributed by atoms with Crippen LogP contribution in [0, 0.1) is 34.5 Å². The van der Waals surface area contributed by atoms with Crippen LogP contribution in [0.4, 0.5) is 11.4 Å². The molecule has 0 aliphatic heterocycles. The van der Waals surface area contributed by atoms with E-state index in [-0.39, 0.29) is 29.5 Å². The van der Waals surface area contributed by atoms with Crippen molar-refractivity contribution in [2.75, 3.05) is 23.7 Å². The largest absolute Gasteiger partial charge is 0.487 e. The summed E-state index contributed by atoms with van der Waals surface area (Å²) in [5, 5.41) is 43.5. The van der Waals surface area contributed by atoms with Gasteiger partial charge in [-0.15, -0.1) is 0 Å². The molecule has 6 rings (SSSR count). The summed E-state index contributed by atoms with van der Waals surface area (Å²) in [6, 6.07) is 22.4. The fourth-order valence-corrected chi connectivity index (χ4v) is 7.69. The zero-order valence-corrected chi connectivity index (χ0v) is 34.3. The van der Waals surface area contributed by atoms with E-state index in [1.807, 2.05) is 42.5 Å². The van der Waals surface area contributed by atoms with Gasteiger partial charge in [0.2, 0.25) is 0 Å². The standard InChI is InChI=1S/C21H20Br2N2O3.C20H18Cl2N2O3/c22-18-8-14(3-4-20(26)27)9-19(23)21(18)28-12-16-5-15(10-24)6-17(7-16)25-11-13-1-2-13;21-17-6-13(8-19(25)26)7-18(22)20(17)27-11-15-3-14(9-23)4-16(5-15)24-10-12-1-2-12/h5-9,13,25H,1-4,11-12H2,(H,26,27);3-7,12,24H,1-2,8,10-11H2,(H,25,26). The first-order valence-electron chi connectivity index (χ1n) is 17.6. The number of carbonyl (C=O) groups is 2. The lowest BCUT2D eigenvalue weighted by Crippen LogP contribution is -2.05. The molecule has 286 valence electrons. The van der Waals surface area contributed by atoms with Gasteiger partial charge in [-0.2, -0.15) is 10.5 Å². The summed E-state index contributed by atoms with van der Waals surface area (Å²) in [6.45, 7) is 2.34. The Kier molecular flexibility index (Phi) is 15.1. The third-order valence-electron chi connectivity index (χ3n) is 8.69. The second kappa shape index (κ2) is 19.9. The van der Waals surface area contributed by atoms with E-state index < -0.39 is 11.9 Å². The van der Waals surface area contributed by atoms with Crippen molar-refractivity contribution in [1.82, 2.24) is 0 Å². The first-order chi connectivity index (χ1) is 26.4. The van der Waals surface area contributed by atoms with E-state index >= 15 is 0 Å². The zero-order chi connectivity index (χ0) is 39.5. The predicted molar refractivity (Wildman–Crippen MR) is 219 cm³/mol. The summed E-state index contributed by atoms with van der Waals surface area (Å²) < 4.78 is 13.2. The Labute approximate surface area is 346 Å². The molecule has 0 radical (unpaired) electrons. The van der Waals surface area contributed by atoms with Crippen LogP contribution in [0.2, 0.25) is 10.0 Å². The van der Waals surface area contributed by atoms with Gasteiger partial charge >= 0.3 is 11.9 Å². The number of nitriles is 2. The molecule has 14 heteroatoms. The molecule has 0 aromatic heterocycles. The molecule has 2 fully saturated rings. The molecular formula is C41H38Br2Cl2N4O6. The highest BCUT2D eigenvalue weighted by molar-refractivity contribution is 9.11. The number of anilines is 2. The van der Waals surface area contributed by atoms with Gasteiger partial charge in [-0.1, -0.05) is 23.2 Å². The van der Waals surface area contributed by atoms with Crippen molar-refractivity contribution in [3.8, 4) is 23.6 Å². The van der Waals surface area contributed by atoms with Crippen LogP contribution in [0.1, 0.15) is 65.5 Å². The minimum atomic E-state index is -0.963. The van der Waals surface area contributed by atoms with Crippen LogP contribution in [0.5, 0.6) is 11.5 Å². The SMILES string of the molecule is N#Cc1cc(COc2c(Br)cc(CCC(=O)O)cc2Br)cc(NCC2CC2)c1.N#Cc1cc(COc2c(Cl)cc(CC(=O)O)cc2Cl)cc(NCC2CC2)c1. The van der Waals surface area contributed by atoms with Crippen LogP contribution in [-0.4, -0.2) is 35.2 Å². The molecule has 2 aliphatic carbocycles. The van der Waals surface area contributed by atoms with Gasteiger partial charge < -0.3 is 30.3 Å². The normalized spacial score (nSPS) is 13.1. The molecular weight excluding hydrogens is 875 g/mol. The van der Waals surface area contributed by atoms with E-state index in [0.29, 0.717) is 41.2 Å². The van der Waals surface area contributed by atoms with Gasteiger partial charge in [0, 0.05) is 30.9 Å². The van der Waals surface area contributed by atoms with Crippen molar-refractivity contribution in [3.63, 3.8) is 0 Å². The summed E-state index contributed by atoms with van der Waals surface area (Å²) in [5.41, 5.74) is 6.10. The minimum Gasteiger partial charge on any atom is -0.487 e. The Morgan fingerprint density at radius 3 is 1.56 bits per heavy atom. The van der Waals surface area contributed by atoms with Crippen LogP contribution in [0.15, 0.2) is 69.6 Å². The smallest absolute Gasteiger partial charge is 0.307 e. The Balaban J connectivity index is 0.000000211. The highest BCUT2D eigenvalue weighted by Gasteiger charge is 2.22. The number of aliphatic carboxylic acids is 2. The molecule has 2 saturated carbocycles. The molecule has 10 nitrogen and oxygen atoms in total. The molecule has 0 heterocycles. The maximum atomic E-state index is 10.8. The Bertz CT molecular complexity index is 2080. The van der Waals surface area contributed by atoms with Gasteiger partial charge in [0.15, 0.2) is 5.75 Å².